The highest BCUT2D eigenvalue weighted by Gasteiger charge is 2.09. The van der Waals surface area contributed by atoms with Crippen molar-refractivity contribution in [2.75, 3.05) is 13.7 Å². The molecule has 0 unspecified atom stereocenters. The Hall–Kier alpha value is -1.39. The molecule has 0 atom stereocenters. The van der Waals surface area contributed by atoms with Crippen LogP contribution in [0.3, 0.4) is 0 Å². The SMILES string of the molecule is CCOc1cccc(-c2nc(C)c(CNC)s2)c1. The largest absolute Gasteiger partial charge is 0.494 e. The van der Waals surface area contributed by atoms with E-state index in [4.69, 9.17) is 4.74 Å². The van der Waals surface area contributed by atoms with Gasteiger partial charge in [0.05, 0.1) is 12.3 Å². The van der Waals surface area contributed by atoms with Gasteiger partial charge in [-0.3, -0.25) is 0 Å². The molecular weight excluding hydrogens is 244 g/mol. The van der Waals surface area contributed by atoms with Crippen molar-refractivity contribution in [2.24, 2.45) is 0 Å². The monoisotopic (exact) mass is 262 g/mol. The fourth-order valence-corrected chi connectivity index (χ4v) is 2.83. The molecule has 96 valence electrons. The summed E-state index contributed by atoms with van der Waals surface area (Å²) in [4.78, 5) is 5.91. The van der Waals surface area contributed by atoms with Crippen molar-refractivity contribution in [3.8, 4) is 16.3 Å². The average molecular weight is 262 g/mol. The number of aromatic nitrogens is 1. The molecule has 1 aromatic carbocycles. The van der Waals surface area contributed by atoms with Crippen molar-refractivity contribution >= 4 is 11.3 Å². The Kier molecular flexibility index (Phi) is 4.33. The molecule has 0 aliphatic carbocycles. The zero-order valence-electron chi connectivity index (χ0n) is 11.0. The van der Waals surface area contributed by atoms with Crippen LogP contribution in [0.5, 0.6) is 5.75 Å². The summed E-state index contributed by atoms with van der Waals surface area (Å²) < 4.78 is 5.52. The number of nitrogens with one attached hydrogen (secondary N) is 1. The van der Waals surface area contributed by atoms with E-state index >= 15 is 0 Å². The van der Waals surface area contributed by atoms with E-state index in [2.05, 4.69) is 23.3 Å². The van der Waals surface area contributed by atoms with Crippen LogP contribution in [0.4, 0.5) is 0 Å². The fourth-order valence-electron chi connectivity index (χ4n) is 1.76. The third-order valence-corrected chi connectivity index (χ3v) is 3.83. The second-order valence-corrected chi connectivity index (χ2v) is 5.10. The van der Waals surface area contributed by atoms with Gasteiger partial charge in [-0.25, -0.2) is 4.98 Å². The molecule has 4 heteroatoms. The van der Waals surface area contributed by atoms with Gasteiger partial charge in [-0.2, -0.15) is 0 Å². The van der Waals surface area contributed by atoms with E-state index in [1.807, 2.05) is 32.2 Å². The first-order chi connectivity index (χ1) is 8.74. The number of hydrogen-bond donors (Lipinski definition) is 1. The van der Waals surface area contributed by atoms with Gasteiger partial charge < -0.3 is 10.1 Å². The van der Waals surface area contributed by atoms with E-state index < -0.39 is 0 Å². The first-order valence-electron chi connectivity index (χ1n) is 6.08. The fraction of sp³-hybridized carbons (Fsp3) is 0.357. The maximum Gasteiger partial charge on any atom is 0.124 e. The van der Waals surface area contributed by atoms with Gasteiger partial charge in [-0.05, 0) is 33.0 Å². The quantitative estimate of drug-likeness (QED) is 0.898. The average Bonchev–Trinajstić information content (AvgIpc) is 2.73. The van der Waals surface area contributed by atoms with Gasteiger partial charge in [0, 0.05) is 17.0 Å². The smallest absolute Gasteiger partial charge is 0.124 e. The van der Waals surface area contributed by atoms with Crippen LogP contribution in [0.15, 0.2) is 24.3 Å². The third-order valence-electron chi connectivity index (χ3n) is 2.62. The number of thiazole rings is 1. The molecule has 0 aliphatic rings. The summed E-state index contributed by atoms with van der Waals surface area (Å²) in [5, 5.41) is 4.22. The summed E-state index contributed by atoms with van der Waals surface area (Å²) in [6, 6.07) is 8.10. The Morgan fingerprint density at radius 3 is 2.94 bits per heavy atom. The molecule has 0 aliphatic heterocycles. The highest BCUT2D eigenvalue weighted by atomic mass is 32.1. The molecular formula is C14H18N2OS. The summed E-state index contributed by atoms with van der Waals surface area (Å²) in [5.74, 6) is 0.901. The van der Waals surface area contributed by atoms with E-state index in [1.165, 1.54) is 4.88 Å². The summed E-state index contributed by atoms with van der Waals surface area (Å²) in [7, 11) is 1.95. The second-order valence-electron chi connectivity index (χ2n) is 4.02. The lowest BCUT2D eigenvalue weighted by atomic mass is 10.2. The molecule has 1 aromatic heterocycles. The lowest BCUT2D eigenvalue weighted by molar-refractivity contribution is 0.340. The van der Waals surface area contributed by atoms with Crippen LogP contribution in [0.2, 0.25) is 0 Å². The molecule has 0 radical (unpaired) electrons. The topological polar surface area (TPSA) is 34.1 Å². The Bertz CT molecular complexity index is 522. The van der Waals surface area contributed by atoms with Crippen molar-refractivity contribution in [1.29, 1.82) is 0 Å². The number of rotatable bonds is 5. The maximum absolute atomic E-state index is 5.52. The second kappa shape index (κ2) is 5.98. The molecule has 0 bridgehead atoms. The van der Waals surface area contributed by atoms with Crippen LogP contribution >= 0.6 is 11.3 Å². The lowest BCUT2D eigenvalue weighted by Gasteiger charge is -2.03. The normalized spacial score (nSPS) is 10.6. The molecule has 0 spiro atoms. The summed E-state index contributed by atoms with van der Waals surface area (Å²) in [6.07, 6.45) is 0. The van der Waals surface area contributed by atoms with E-state index in [0.717, 1.165) is 28.6 Å². The predicted octanol–water partition coefficient (Wildman–Crippen LogP) is 3.24. The van der Waals surface area contributed by atoms with E-state index in [0.29, 0.717) is 6.61 Å². The van der Waals surface area contributed by atoms with Gasteiger partial charge in [-0.1, -0.05) is 12.1 Å². The molecule has 3 nitrogen and oxygen atoms in total. The molecule has 0 saturated carbocycles. The summed E-state index contributed by atoms with van der Waals surface area (Å²) >= 11 is 1.73. The van der Waals surface area contributed by atoms with Crippen LogP contribution in [0.1, 0.15) is 17.5 Å². The minimum Gasteiger partial charge on any atom is -0.494 e. The number of ether oxygens (including phenoxy) is 1. The highest BCUT2D eigenvalue weighted by Crippen LogP contribution is 2.29. The van der Waals surface area contributed by atoms with Gasteiger partial charge in [-0.15, -0.1) is 11.3 Å². The maximum atomic E-state index is 5.52. The van der Waals surface area contributed by atoms with E-state index in [1.54, 1.807) is 11.3 Å². The van der Waals surface area contributed by atoms with Crippen molar-refractivity contribution in [3.05, 3.63) is 34.8 Å². The van der Waals surface area contributed by atoms with Crippen molar-refractivity contribution < 1.29 is 4.74 Å². The summed E-state index contributed by atoms with van der Waals surface area (Å²) in [6.45, 7) is 5.60. The molecule has 0 saturated heterocycles. The van der Waals surface area contributed by atoms with Crippen molar-refractivity contribution in [3.63, 3.8) is 0 Å². The van der Waals surface area contributed by atoms with Gasteiger partial charge in [0.25, 0.3) is 0 Å². The Balaban J connectivity index is 2.30. The Morgan fingerprint density at radius 2 is 2.22 bits per heavy atom. The first kappa shape index (κ1) is 13.1. The van der Waals surface area contributed by atoms with Gasteiger partial charge in [0.15, 0.2) is 0 Å². The van der Waals surface area contributed by atoms with Crippen molar-refractivity contribution in [1.82, 2.24) is 10.3 Å². The van der Waals surface area contributed by atoms with Gasteiger partial charge in [0.1, 0.15) is 10.8 Å². The highest BCUT2D eigenvalue weighted by molar-refractivity contribution is 7.15. The summed E-state index contributed by atoms with van der Waals surface area (Å²) in [5.41, 5.74) is 2.22. The molecule has 18 heavy (non-hydrogen) atoms. The lowest BCUT2D eigenvalue weighted by Crippen LogP contribution is -2.04. The number of aryl methyl sites for hydroxylation is 1. The molecule has 2 rings (SSSR count). The zero-order chi connectivity index (χ0) is 13.0. The van der Waals surface area contributed by atoms with Crippen LogP contribution < -0.4 is 10.1 Å². The number of nitrogens with zero attached hydrogens (tertiary/aromatic N) is 1. The number of benzene rings is 1. The minimum atomic E-state index is 0.686. The van der Waals surface area contributed by atoms with Crippen LogP contribution in [-0.2, 0) is 6.54 Å². The third kappa shape index (κ3) is 2.89. The Labute approximate surface area is 112 Å². The van der Waals surface area contributed by atoms with E-state index in [9.17, 15) is 0 Å². The standard InChI is InChI=1S/C14H18N2OS/c1-4-17-12-7-5-6-11(8-12)14-16-10(2)13(18-14)9-15-3/h5-8,15H,4,9H2,1-3H3. The molecule has 2 aromatic rings. The molecule has 1 heterocycles. The van der Waals surface area contributed by atoms with Crippen LogP contribution in [0.25, 0.3) is 10.6 Å². The van der Waals surface area contributed by atoms with Gasteiger partial charge >= 0.3 is 0 Å². The Morgan fingerprint density at radius 1 is 1.39 bits per heavy atom. The minimum absolute atomic E-state index is 0.686. The van der Waals surface area contributed by atoms with Crippen LogP contribution in [-0.4, -0.2) is 18.6 Å². The zero-order valence-corrected chi connectivity index (χ0v) is 11.8. The van der Waals surface area contributed by atoms with E-state index in [-0.39, 0.29) is 0 Å². The molecule has 0 amide bonds. The molecule has 1 N–H and O–H groups in total. The van der Waals surface area contributed by atoms with Gasteiger partial charge in [0.2, 0.25) is 0 Å². The predicted molar refractivity (Wildman–Crippen MR) is 76.2 cm³/mol. The van der Waals surface area contributed by atoms with Crippen LogP contribution in [0, 0.1) is 6.92 Å². The number of hydrogen-bond acceptors (Lipinski definition) is 4. The van der Waals surface area contributed by atoms with Crippen molar-refractivity contribution in [2.45, 2.75) is 20.4 Å². The molecule has 0 fully saturated rings. The first-order valence-corrected chi connectivity index (χ1v) is 6.90.